The van der Waals surface area contributed by atoms with Crippen molar-refractivity contribution in [3.05, 3.63) is 0 Å². The Morgan fingerprint density at radius 3 is 2.73 bits per heavy atom. The fraction of sp³-hybridized carbons (Fsp3) is 0.857. The first-order chi connectivity index (χ1) is 4.72. The van der Waals surface area contributed by atoms with Crippen molar-refractivity contribution >= 4 is 29.3 Å². The van der Waals surface area contributed by atoms with Crippen LogP contribution in [0.4, 0.5) is 0 Å². The summed E-state index contributed by atoms with van der Waals surface area (Å²) >= 11 is 5.99. The van der Waals surface area contributed by atoms with E-state index in [0.717, 1.165) is 18.4 Å². The van der Waals surface area contributed by atoms with E-state index >= 15 is 0 Å². The second-order valence-corrected chi connectivity index (χ2v) is 3.16. The van der Waals surface area contributed by atoms with Crippen LogP contribution >= 0.6 is 24.0 Å². The second-order valence-electron chi connectivity index (χ2n) is 2.82. The summed E-state index contributed by atoms with van der Waals surface area (Å²) in [6.45, 7) is 2.17. The highest BCUT2D eigenvalue weighted by atomic mass is 35.5. The largest absolute Gasteiger partial charge is 0.344 e. The lowest BCUT2D eigenvalue weighted by Gasteiger charge is -2.06. The van der Waals surface area contributed by atoms with E-state index in [-0.39, 0.29) is 12.4 Å². The molecule has 0 spiro atoms. The maximum Gasteiger partial charge on any atom is 0.344 e. The van der Waals surface area contributed by atoms with Crippen molar-refractivity contribution in [2.45, 2.75) is 12.8 Å². The lowest BCUT2D eigenvalue weighted by Crippen LogP contribution is -2.28. The van der Waals surface area contributed by atoms with Crippen LogP contribution in [0.2, 0.25) is 0 Å². The van der Waals surface area contributed by atoms with Crippen LogP contribution in [0.25, 0.3) is 0 Å². The van der Waals surface area contributed by atoms with Crippen molar-refractivity contribution in [3.63, 3.8) is 0 Å². The van der Waals surface area contributed by atoms with Gasteiger partial charge >= 0.3 is 5.29 Å². The van der Waals surface area contributed by atoms with Gasteiger partial charge in [0, 0.05) is 11.6 Å². The fourth-order valence-electron chi connectivity index (χ4n) is 1.17. The van der Waals surface area contributed by atoms with Crippen molar-refractivity contribution < 1.29 is 4.58 Å². The van der Waals surface area contributed by atoms with Gasteiger partial charge in [-0.15, -0.1) is 12.4 Å². The Bertz CT molecular complexity index is 157. The Hall–Kier alpha value is 0.0500. The first-order valence-corrected chi connectivity index (χ1v) is 4.04. The lowest BCUT2D eigenvalue weighted by atomic mass is 10.3. The number of nitrogens with zero attached hydrogens (tertiary/aromatic N) is 2. The SMILES string of the molecule is CN1CCCC[N+](C)=C1Cl.Cl. The van der Waals surface area contributed by atoms with E-state index in [4.69, 9.17) is 11.6 Å². The van der Waals surface area contributed by atoms with Crippen LogP contribution in [-0.4, -0.2) is 42.0 Å². The third-order valence-electron chi connectivity index (χ3n) is 1.87. The van der Waals surface area contributed by atoms with Crippen molar-refractivity contribution in [1.82, 2.24) is 4.90 Å². The summed E-state index contributed by atoms with van der Waals surface area (Å²) in [7, 11) is 4.06. The molecule has 4 heteroatoms. The van der Waals surface area contributed by atoms with Gasteiger partial charge in [0.25, 0.3) is 0 Å². The normalized spacial score (nSPS) is 19.4. The fourth-order valence-corrected chi connectivity index (χ4v) is 1.34. The average molecular weight is 198 g/mol. The highest BCUT2D eigenvalue weighted by Gasteiger charge is 2.16. The molecule has 0 amide bonds. The Labute approximate surface area is 79.2 Å². The molecule has 1 aliphatic rings. The number of rotatable bonds is 0. The minimum Gasteiger partial charge on any atom is -0.254 e. The standard InChI is InChI=1S/C7H14ClN2.ClH/c1-9-5-3-4-6-10(2)7(9)8;/h3-6H2,1-2H3;1H/q+1;. The maximum absolute atomic E-state index is 5.99. The summed E-state index contributed by atoms with van der Waals surface area (Å²) in [5.74, 6) is 0. The van der Waals surface area contributed by atoms with Crippen LogP contribution in [0.1, 0.15) is 12.8 Å². The van der Waals surface area contributed by atoms with Gasteiger partial charge in [0.05, 0.1) is 27.2 Å². The lowest BCUT2D eigenvalue weighted by molar-refractivity contribution is -0.498. The van der Waals surface area contributed by atoms with Gasteiger partial charge in [-0.25, -0.2) is 0 Å². The van der Waals surface area contributed by atoms with E-state index in [2.05, 4.69) is 9.48 Å². The summed E-state index contributed by atoms with van der Waals surface area (Å²) < 4.78 is 2.09. The molecule has 1 rings (SSSR count). The molecule has 0 saturated carbocycles. The number of amidine groups is 1. The van der Waals surface area contributed by atoms with Gasteiger partial charge in [0.15, 0.2) is 0 Å². The summed E-state index contributed by atoms with van der Waals surface area (Å²) in [4.78, 5) is 2.09. The Kier molecular flexibility index (Phi) is 4.86. The zero-order valence-electron chi connectivity index (χ0n) is 7.01. The van der Waals surface area contributed by atoms with Crippen LogP contribution in [0.15, 0.2) is 0 Å². The Morgan fingerprint density at radius 2 is 2.09 bits per heavy atom. The molecule has 11 heavy (non-hydrogen) atoms. The second kappa shape index (κ2) is 4.83. The van der Waals surface area contributed by atoms with E-state index in [0.29, 0.717) is 0 Å². The predicted molar refractivity (Wildman–Crippen MR) is 51.0 cm³/mol. The molecular weight excluding hydrogens is 183 g/mol. The minimum absolute atomic E-state index is 0. The molecule has 2 nitrogen and oxygen atoms in total. The molecule has 0 radical (unpaired) electrons. The van der Waals surface area contributed by atoms with Crippen LogP contribution in [0, 0.1) is 0 Å². The molecule has 0 fully saturated rings. The zero-order valence-corrected chi connectivity index (χ0v) is 8.58. The molecular formula is C7H15Cl2N2+. The quantitative estimate of drug-likeness (QED) is 0.421. The van der Waals surface area contributed by atoms with Gasteiger partial charge in [-0.2, -0.15) is 0 Å². The smallest absolute Gasteiger partial charge is 0.254 e. The third kappa shape index (κ3) is 2.88. The molecule has 0 atom stereocenters. The molecule has 0 aromatic heterocycles. The first-order valence-electron chi connectivity index (χ1n) is 3.66. The Balaban J connectivity index is 0.000001000. The van der Waals surface area contributed by atoms with Crippen molar-refractivity contribution in [2.75, 3.05) is 27.2 Å². The monoisotopic (exact) mass is 197 g/mol. The molecule has 0 aromatic rings. The number of halogens is 2. The Morgan fingerprint density at radius 1 is 1.45 bits per heavy atom. The highest BCUT2D eigenvalue weighted by molar-refractivity contribution is 6.63. The molecule has 1 aliphatic heterocycles. The van der Waals surface area contributed by atoms with Gasteiger partial charge < -0.3 is 0 Å². The zero-order chi connectivity index (χ0) is 7.56. The molecule has 0 bridgehead atoms. The van der Waals surface area contributed by atoms with E-state index in [9.17, 15) is 0 Å². The maximum atomic E-state index is 5.99. The number of hydrogen-bond acceptors (Lipinski definition) is 1. The van der Waals surface area contributed by atoms with Gasteiger partial charge in [0.1, 0.15) is 0 Å². The van der Waals surface area contributed by atoms with Crippen molar-refractivity contribution in [2.24, 2.45) is 0 Å². The molecule has 0 N–H and O–H groups in total. The molecule has 0 unspecified atom stereocenters. The minimum atomic E-state index is 0. The van der Waals surface area contributed by atoms with Gasteiger partial charge in [0.2, 0.25) is 0 Å². The average Bonchev–Trinajstić information content (AvgIpc) is 2.04. The van der Waals surface area contributed by atoms with Crippen LogP contribution in [0.5, 0.6) is 0 Å². The van der Waals surface area contributed by atoms with Crippen LogP contribution in [-0.2, 0) is 0 Å². The van der Waals surface area contributed by atoms with E-state index < -0.39 is 0 Å². The molecule has 1 heterocycles. The molecule has 0 saturated heterocycles. The van der Waals surface area contributed by atoms with Crippen LogP contribution < -0.4 is 0 Å². The van der Waals surface area contributed by atoms with E-state index in [1.165, 1.54) is 12.8 Å². The van der Waals surface area contributed by atoms with Crippen molar-refractivity contribution in [1.29, 1.82) is 0 Å². The summed E-state index contributed by atoms with van der Waals surface area (Å²) in [6.07, 6.45) is 2.49. The van der Waals surface area contributed by atoms with Gasteiger partial charge in [-0.1, -0.05) is 0 Å². The summed E-state index contributed by atoms with van der Waals surface area (Å²) in [6, 6.07) is 0. The molecule has 0 aliphatic carbocycles. The topological polar surface area (TPSA) is 6.25 Å². The van der Waals surface area contributed by atoms with Crippen molar-refractivity contribution in [3.8, 4) is 0 Å². The molecule has 0 aromatic carbocycles. The van der Waals surface area contributed by atoms with Gasteiger partial charge in [-0.3, -0.25) is 9.48 Å². The first kappa shape index (κ1) is 11.1. The van der Waals surface area contributed by atoms with Gasteiger partial charge in [-0.05, 0) is 12.8 Å². The molecule has 66 valence electrons. The summed E-state index contributed by atoms with van der Waals surface area (Å²) in [5, 5.41) is 0.873. The summed E-state index contributed by atoms with van der Waals surface area (Å²) in [5.41, 5.74) is 0. The third-order valence-corrected chi connectivity index (χ3v) is 2.44. The highest BCUT2D eigenvalue weighted by Crippen LogP contribution is 2.02. The van der Waals surface area contributed by atoms with E-state index in [1.54, 1.807) is 0 Å². The predicted octanol–water partition coefficient (Wildman–Crippen LogP) is 1.37. The van der Waals surface area contributed by atoms with Crippen LogP contribution in [0.3, 0.4) is 0 Å². The number of hydrogen-bond donors (Lipinski definition) is 0. The van der Waals surface area contributed by atoms with E-state index in [1.807, 2.05) is 14.1 Å².